The molecule has 0 unspecified atom stereocenters. The molecule has 2 aromatic rings. The van der Waals surface area contributed by atoms with Gasteiger partial charge in [0.25, 0.3) is 0 Å². The third kappa shape index (κ3) is 3.11. The highest BCUT2D eigenvalue weighted by atomic mass is 32.1. The van der Waals surface area contributed by atoms with Gasteiger partial charge in [0.2, 0.25) is 0 Å². The zero-order chi connectivity index (χ0) is 12.3. The Labute approximate surface area is 101 Å². The predicted molar refractivity (Wildman–Crippen MR) is 62.8 cm³/mol. The van der Waals surface area contributed by atoms with E-state index in [1.807, 2.05) is 13.1 Å². The number of nitrogens with zero attached hydrogens (tertiary/aromatic N) is 2. The average Bonchev–Trinajstić information content (AvgIpc) is 2.88. The van der Waals surface area contributed by atoms with E-state index in [1.54, 1.807) is 17.4 Å². The van der Waals surface area contributed by atoms with E-state index < -0.39 is 4.92 Å². The number of hydrogen-bond acceptors (Lipinski definition) is 6. The number of furan rings is 1. The fourth-order valence-corrected chi connectivity index (χ4v) is 2.09. The largest absolute Gasteiger partial charge is 0.433 e. The highest BCUT2D eigenvalue weighted by molar-refractivity contribution is 7.11. The Morgan fingerprint density at radius 2 is 2.35 bits per heavy atom. The molecule has 2 rings (SSSR count). The lowest BCUT2D eigenvalue weighted by Crippen LogP contribution is -2.11. The summed E-state index contributed by atoms with van der Waals surface area (Å²) in [4.78, 5) is 15.2. The van der Waals surface area contributed by atoms with Crippen molar-refractivity contribution in [2.45, 2.75) is 20.0 Å². The van der Waals surface area contributed by atoms with Crippen LogP contribution in [-0.4, -0.2) is 9.91 Å². The van der Waals surface area contributed by atoms with Gasteiger partial charge in [0, 0.05) is 17.6 Å². The Morgan fingerprint density at radius 1 is 1.53 bits per heavy atom. The zero-order valence-corrected chi connectivity index (χ0v) is 9.99. The third-order valence-electron chi connectivity index (χ3n) is 2.07. The van der Waals surface area contributed by atoms with Crippen LogP contribution in [0.3, 0.4) is 0 Å². The van der Waals surface area contributed by atoms with Crippen molar-refractivity contribution < 1.29 is 9.34 Å². The summed E-state index contributed by atoms with van der Waals surface area (Å²) in [5.74, 6) is 0.317. The summed E-state index contributed by atoms with van der Waals surface area (Å²) >= 11 is 1.62. The normalized spacial score (nSPS) is 10.6. The van der Waals surface area contributed by atoms with E-state index in [1.165, 1.54) is 6.07 Å². The van der Waals surface area contributed by atoms with Gasteiger partial charge in [-0.15, -0.1) is 11.3 Å². The molecule has 6 nitrogen and oxygen atoms in total. The first kappa shape index (κ1) is 11.7. The first-order chi connectivity index (χ1) is 8.15. The predicted octanol–water partition coefficient (Wildman–Crippen LogP) is 2.24. The monoisotopic (exact) mass is 253 g/mol. The number of hydrogen-bond donors (Lipinski definition) is 1. The summed E-state index contributed by atoms with van der Waals surface area (Å²) < 4.78 is 5.01. The molecular formula is C10H11N3O3S. The number of rotatable bonds is 5. The maximum Gasteiger partial charge on any atom is 0.433 e. The maximum absolute atomic E-state index is 10.4. The molecular weight excluding hydrogens is 242 g/mol. The molecule has 90 valence electrons. The van der Waals surface area contributed by atoms with E-state index in [-0.39, 0.29) is 5.88 Å². The van der Waals surface area contributed by atoms with Crippen molar-refractivity contribution in [3.8, 4) is 0 Å². The van der Waals surface area contributed by atoms with Crippen molar-refractivity contribution >= 4 is 17.2 Å². The molecule has 0 aliphatic carbocycles. The molecule has 0 aromatic carbocycles. The zero-order valence-electron chi connectivity index (χ0n) is 9.17. The number of thiazole rings is 1. The van der Waals surface area contributed by atoms with Crippen LogP contribution in [0.1, 0.15) is 15.6 Å². The summed E-state index contributed by atoms with van der Waals surface area (Å²) in [6.45, 7) is 3.08. The second-order valence-electron chi connectivity index (χ2n) is 3.47. The van der Waals surface area contributed by atoms with Crippen molar-refractivity contribution in [1.29, 1.82) is 0 Å². The van der Waals surface area contributed by atoms with E-state index in [2.05, 4.69) is 10.3 Å². The molecule has 0 aliphatic heterocycles. The van der Waals surface area contributed by atoms with Gasteiger partial charge in [0.1, 0.15) is 15.7 Å². The molecule has 0 fully saturated rings. The van der Waals surface area contributed by atoms with Crippen LogP contribution in [0.15, 0.2) is 22.7 Å². The van der Waals surface area contributed by atoms with Gasteiger partial charge >= 0.3 is 5.88 Å². The first-order valence-electron chi connectivity index (χ1n) is 5.00. The Kier molecular flexibility index (Phi) is 3.50. The molecule has 1 N–H and O–H groups in total. The lowest BCUT2D eigenvalue weighted by molar-refractivity contribution is -0.402. The second kappa shape index (κ2) is 5.07. The van der Waals surface area contributed by atoms with Gasteiger partial charge in [0.15, 0.2) is 0 Å². The standard InChI is InChI=1S/C10H11N3O3S/c1-7-4-12-9(17-7)6-11-5-8-2-3-10(16-8)13(14)15/h2-4,11H,5-6H2,1H3. The van der Waals surface area contributed by atoms with Crippen molar-refractivity contribution in [3.63, 3.8) is 0 Å². The van der Waals surface area contributed by atoms with Gasteiger partial charge in [-0.3, -0.25) is 10.1 Å². The smallest absolute Gasteiger partial charge is 0.404 e. The molecule has 2 aromatic heterocycles. The number of aryl methyl sites for hydroxylation is 1. The van der Waals surface area contributed by atoms with Crippen LogP contribution in [0.2, 0.25) is 0 Å². The maximum atomic E-state index is 10.4. The van der Waals surface area contributed by atoms with Gasteiger partial charge in [-0.05, 0) is 13.0 Å². The molecule has 0 atom stereocenters. The highest BCUT2D eigenvalue weighted by Gasteiger charge is 2.11. The van der Waals surface area contributed by atoms with Crippen LogP contribution in [0.4, 0.5) is 5.88 Å². The van der Waals surface area contributed by atoms with E-state index in [0.717, 1.165) is 9.88 Å². The second-order valence-corrected chi connectivity index (χ2v) is 4.78. The molecule has 17 heavy (non-hydrogen) atoms. The Morgan fingerprint density at radius 3 is 2.94 bits per heavy atom. The Balaban J connectivity index is 1.83. The van der Waals surface area contributed by atoms with E-state index in [4.69, 9.17) is 4.42 Å². The minimum Gasteiger partial charge on any atom is -0.404 e. The SMILES string of the molecule is Cc1cnc(CNCc2ccc([N+](=O)[O-])o2)s1. The Hall–Kier alpha value is -1.73. The fourth-order valence-electron chi connectivity index (χ4n) is 1.34. The van der Waals surface area contributed by atoms with Crippen molar-refractivity contribution in [2.24, 2.45) is 0 Å². The van der Waals surface area contributed by atoms with Crippen molar-refractivity contribution in [2.75, 3.05) is 0 Å². The molecule has 0 amide bonds. The molecule has 0 radical (unpaired) electrons. The lowest BCUT2D eigenvalue weighted by atomic mass is 10.4. The van der Waals surface area contributed by atoms with Gasteiger partial charge in [0.05, 0.1) is 12.6 Å². The van der Waals surface area contributed by atoms with Crippen LogP contribution >= 0.6 is 11.3 Å². The quantitative estimate of drug-likeness (QED) is 0.652. The third-order valence-corrected chi connectivity index (χ3v) is 2.98. The van der Waals surface area contributed by atoms with Gasteiger partial charge in [-0.25, -0.2) is 4.98 Å². The summed E-state index contributed by atoms with van der Waals surface area (Å²) in [5, 5.41) is 14.5. The van der Waals surface area contributed by atoms with Crippen LogP contribution in [0.5, 0.6) is 0 Å². The van der Waals surface area contributed by atoms with Crippen LogP contribution in [-0.2, 0) is 13.1 Å². The molecule has 7 heteroatoms. The minimum atomic E-state index is -0.548. The molecule has 0 bridgehead atoms. The molecule has 2 heterocycles. The summed E-state index contributed by atoms with van der Waals surface area (Å²) in [7, 11) is 0. The summed E-state index contributed by atoms with van der Waals surface area (Å²) in [6, 6.07) is 2.95. The van der Waals surface area contributed by atoms with E-state index in [0.29, 0.717) is 18.8 Å². The summed E-state index contributed by atoms with van der Waals surface area (Å²) in [6.07, 6.45) is 1.82. The average molecular weight is 253 g/mol. The van der Waals surface area contributed by atoms with Gasteiger partial charge in [-0.2, -0.15) is 0 Å². The van der Waals surface area contributed by atoms with Crippen LogP contribution in [0, 0.1) is 17.0 Å². The molecule has 0 saturated carbocycles. The Bertz CT molecular complexity index is 520. The summed E-state index contributed by atoms with van der Waals surface area (Å²) in [5.41, 5.74) is 0. The van der Waals surface area contributed by atoms with E-state index in [9.17, 15) is 10.1 Å². The van der Waals surface area contributed by atoms with Crippen molar-refractivity contribution in [1.82, 2.24) is 10.3 Å². The van der Waals surface area contributed by atoms with Crippen LogP contribution in [0.25, 0.3) is 0 Å². The van der Waals surface area contributed by atoms with E-state index >= 15 is 0 Å². The topological polar surface area (TPSA) is 81.2 Å². The molecule has 0 aliphatic rings. The van der Waals surface area contributed by atoms with Gasteiger partial charge < -0.3 is 9.73 Å². The van der Waals surface area contributed by atoms with Gasteiger partial charge in [-0.1, -0.05) is 0 Å². The molecule has 0 spiro atoms. The number of aromatic nitrogens is 1. The number of nitro groups is 1. The minimum absolute atomic E-state index is 0.230. The number of nitrogens with one attached hydrogen (secondary N) is 1. The highest BCUT2D eigenvalue weighted by Crippen LogP contribution is 2.15. The van der Waals surface area contributed by atoms with Crippen molar-refractivity contribution in [3.05, 3.63) is 44.1 Å². The van der Waals surface area contributed by atoms with Crippen LogP contribution < -0.4 is 5.32 Å². The molecule has 0 saturated heterocycles. The first-order valence-corrected chi connectivity index (χ1v) is 5.82. The fraction of sp³-hybridized carbons (Fsp3) is 0.300. The lowest BCUT2D eigenvalue weighted by Gasteiger charge is -1.98.